The standard InChI is InChI=1S/C21H34N4OS/c1-15(26)22-17-6-4-16(5-7-17)8-10-24-11-9-19-18(12-24)23-20(27-19)25-13-21(2,3)14-25/h16-17H,4-14H2,1-3H3,(H,22,26)/t16-,17-. The molecule has 0 atom stereocenters. The van der Waals surface area contributed by atoms with Crippen LogP contribution in [0.1, 0.15) is 63.4 Å². The van der Waals surface area contributed by atoms with E-state index in [1.54, 1.807) is 6.92 Å². The number of hydrogen-bond donors (Lipinski definition) is 1. The molecule has 4 rings (SSSR count). The Bertz CT molecular complexity index is 670. The van der Waals surface area contributed by atoms with Crippen LogP contribution in [0.15, 0.2) is 0 Å². The molecule has 1 aliphatic carbocycles. The Balaban J connectivity index is 1.22. The summed E-state index contributed by atoms with van der Waals surface area (Å²) in [5.74, 6) is 0.942. The van der Waals surface area contributed by atoms with E-state index in [9.17, 15) is 4.79 Å². The summed E-state index contributed by atoms with van der Waals surface area (Å²) >= 11 is 1.93. The average Bonchev–Trinajstić information content (AvgIpc) is 3.01. The summed E-state index contributed by atoms with van der Waals surface area (Å²) in [5, 5.41) is 4.33. The second kappa shape index (κ2) is 7.70. The molecule has 0 spiro atoms. The first-order valence-electron chi connectivity index (χ1n) is 10.6. The lowest BCUT2D eigenvalue weighted by molar-refractivity contribution is -0.119. The third-order valence-corrected chi connectivity index (χ3v) is 7.63. The van der Waals surface area contributed by atoms with Crippen molar-refractivity contribution >= 4 is 22.4 Å². The highest BCUT2D eigenvalue weighted by Crippen LogP contribution is 2.38. The molecule has 6 heteroatoms. The lowest BCUT2D eigenvalue weighted by Gasteiger charge is -2.45. The summed E-state index contributed by atoms with van der Waals surface area (Å²) in [4.78, 5) is 22.7. The summed E-state index contributed by atoms with van der Waals surface area (Å²) in [6.07, 6.45) is 7.27. The van der Waals surface area contributed by atoms with Gasteiger partial charge in [-0.1, -0.05) is 13.8 Å². The van der Waals surface area contributed by atoms with Gasteiger partial charge >= 0.3 is 0 Å². The molecule has 2 fully saturated rings. The molecule has 0 bridgehead atoms. The van der Waals surface area contributed by atoms with E-state index in [1.165, 1.54) is 54.5 Å². The van der Waals surface area contributed by atoms with Gasteiger partial charge in [0.2, 0.25) is 5.91 Å². The van der Waals surface area contributed by atoms with Crippen molar-refractivity contribution in [3.8, 4) is 0 Å². The van der Waals surface area contributed by atoms with Gasteiger partial charge in [0.05, 0.1) is 5.69 Å². The quantitative estimate of drug-likeness (QED) is 0.837. The molecule has 150 valence electrons. The lowest BCUT2D eigenvalue weighted by Crippen LogP contribution is -2.53. The van der Waals surface area contributed by atoms with Gasteiger partial charge in [-0.3, -0.25) is 9.69 Å². The van der Waals surface area contributed by atoms with Crippen LogP contribution in [0.2, 0.25) is 0 Å². The molecule has 0 radical (unpaired) electrons. The van der Waals surface area contributed by atoms with Crippen LogP contribution in [0.25, 0.3) is 0 Å². The largest absolute Gasteiger partial charge is 0.354 e. The predicted octanol–water partition coefficient (Wildman–Crippen LogP) is 3.43. The fourth-order valence-corrected chi connectivity index (χ4v) is 5.99. The summed E-state index contributed by atoms with van der Waals surface area (Å²) in [5.41, 5.74) is 1.79. The van der Waals surface area contributed by atoms with Crippen LogP contribution in [0.4, 0.5) is 5.13 Å². The van der Waals surface area contributed by atoms with Crippen molar-refractivity contribution in [3.05, 3.63) is 10.6 Å². The van der Waals surface area contributed by atoms with Crippen molar-refractivity contribution in [2.24, 2.45) is 11.3 Å². The Morgan fingerprint density at radius 1 is 1.26 bits per heavy atom. The minimum absolute atomic E-state index is 0.118. The molecule has 3 aliphatic rings. The number of carbonyl (C=O) groups excluding carboxylic acids is 1. The zero-order chi connectivity index (χ0) is 19.0. The van der Waals surface area contributed by atoms with Gasteiger partial charge in [0.1, 0.15) is 0 Å². The van der Waals surface area contributed by atoms with Crippen molar-refractivity contribution in [2.75, 3.05) is 31.1 Å². The second-order valence-corrected chi connectivity index (χ2v) is 10.7. The smallest absolute Gasteiger partial charge is 0.217 e. The Labute approximate surface area is 167 Å². The van der Waals surface area contributed by atoms with E-state index >= 15 is 0 Å². The number of rotatable bonds is 5. The third kappa shape index (κ3) is 4.65. The average molecular weight is 391 g/mol. The van der Waals surface area contributed by atoms with Crippen LogP contribution in [-0.2, 0) is 17.8 Å². The number of carbonyl (C=O) groups is 1. The molecule has 2 aliphatic heterocycles. The molecule has 27 heavy (non-hydrogen) atoms. The van der Waals surface area contributed by atoms with Gasteiger partial charge in [-0.25, -0.2) is 4.98 Å². The SMILES string of the molecule is CC(=O)N[C@H]1CC[C@H](CCN2CCc3sc(N4CC(C)(C)C4)nc3C2)CC1. The van der Waals surface area contributed by atoms with Crippen molar-refractivity contribution in [1.82, 2.24) is 15.2 Å². The van der Waals surface area contributed by atoms with E-state index in [0.29, 0.717) is 11.5 Å². The van der Waals surface area contributed by atoms with Crippen molar-refractivity contribution < 1.29 is 4.79 Å². The molecule has 1 saturated carbocycles. The predicted molar refractivity (Wildman–Crippen MR) is 111 cm³/mol. The molecule has 5 nitrogen and oxygen atoms in total. The number of amides is 1. The fourth-order valence-electron chi connectivity index (χ4n) is 4.94. The number of hydrogen-bond acceptors (Lipinski definition) is 5. The number of nitrogens with one attached hydrogen (secondary N) is 1. The van der Waals surface area contributed by atoms with Gasteiger partial charge in [-0.05, 0) is 56.4 Å². The first-order chi connectivity index (χ1) is 12.9. The first-order valence-corrected chi connectivity index (χ1v) is 11.4. The van der Waals surface area contributed by atoms with Crippen molar-refractivity contribution in [3.63, 3.8) is 0 Å². The first kappa shape index (κ1) is 19.2. The monoisotopic (exact) mass is 390 g/mol. The van der Waals surface area contributed by atoms with Crippen molar-refractivity contribution in [2.45, 2.75) is 71.9 Å². The molecule has 1 saturated heterocycles. The number of fused-ring (bicyclic) bond motifs is 1. The van der Waals surface area contributed by atoms with E-state index in [1.807, 2.05) is 11.3 Å². The molecule has 0 unspecified atom stereocenters. The fraction of sp³-hybridized carbons (Fsp3) is 0.810. The van der Waals surface area contributed by atoms with E-state index in [2.05, 4.69) is 29.0 Å². The normalized spacial score (nSPS) is 27.7. The zero-order valence-corrected chi connectivity index (χ0v) is 17.9. The van der Waals surface area contributed by atoms with Gasteiger partial charge < -0.3 is 10.2 Å². The Morgan fingerprint density at radius 2 is 2.00 bits per heavy atom. The Morgan fingerprint density at radius 3 is 2.67 bits per heavy atom. The topological polar surface area (TPSA) is 48.5 Å². The number of nitrogens with zero attached hydrogens (tertiary/aromatic N) is 3. The Hall–Kier alpha value is -1.14. The lowest BCUT2D eigenvalue weighted by atomic mass is 9.84. The maximum Gasteiger partial charge on any atom is 0.217 e. The summed E-state index contributed by atoms with van der Waals surface area (Å²) in [6, 6.07) is 0.413. The molecule has 1 amide bonds. The number of thiazole rings is 1. The summed E-state index contributed by atoms with van der Waals surface area (Å²) < 4.78 is 0. The van der Waals surface area contributed by atoms with Crippen LogP contribution in [0, 0.1) is 11.3 Å². The third-order valence-electron chi connectivity index (χ3n) is 6.41. The van der Waals surface area contributed by atoms with Crippen LogP contribution in [0.3, 0.4) is 0 Å². The van der Waals surface area contributed by atoms with Gasteiger partial charge in [-0.15, -0.1) is 11.3 Å². The second-order valence-electron chi connectivity index (χ2n) is 9.62. The van der Waals surface area contributed by atoms with E-state index in [0.717, 1.165) is 38.4 Å². The molecular weight excluding hydrogens is 356 g/mol. The highest BCUT2D eigenvalue weighted by atomic mass is 32.1. The molecule has 3 heterocycles. The van der Waals surface area contributed by atoms with Gasteiger partial charge in [0.15, 0.2) is 5.13 Å². The minimum Gasteiger partial charge on any atom is -0.354 e. The number of aromatic nitrogens is 1. The molecule has 1 aromatic rings. The van der Waals surface area contributed by atoms with Crippen LogP contribution < -0.4 is 10.2 Å². The molecule has 1 N–H and O–H groups in total. The van der Waals surface area contributed by atoms with Crippen LogP contribution in [0.5, 0.6) is 0 Å². The van der Waals surface area contributed by atoms with E-state index < -0.39 is 0 Å². The maximum atomic E-state index is 11.2. The molecule has 1 aromatic heterocycles. The number of anilines is 1. The highest BCUT2D eigenvalue weighted by Gasteiger charge is 2.36. The van der Waals surface area contributed by atoms with Gasteiger partial charge in [0, 0.05) is 44.0 Å². The minimum atomic E-state index is 0.118. The van der Waals surface area contributed by atoms with Crippen LogP contribution in [-0.4, -0.2) is 48.0 Å². The van der Waals surface area contributed by atoms with Crippen LogP contribution >= 0.6 is 11.3 Å². The van der Waals surface area contributed by atoms with E-state index in [4.69, 9.17) is 4.98 Å². The van der Waals surface area contributed by atoms with Gasteiger partial charge in [0.25, 0.3) is 0 Å². The zero-order valence-electron chi connectivity index (χ0n) is 17.1. The highest BCUT2D eigenvalue weighted by molar-refractivity contribution is 7.15. The van der Waals surface area contributed by atoms with Crippen molar-refractivity contribution in [1.29, 1.82) is 0 Å². The van der Waals surface area contributed by atoms with E-state index in [-0.39, 0.29) is 5.91 Å². The summed E-state index contributed by atoms with van der Waals surface area (Å²) in [7, 11) is 0. The van der Waals surface area contributed by atoms with Gasteiger partial charge in [-0.2, -0.15) is 0 Å². The molecule has 0 aromatic carbocycles. The maximum absolute atomic E-state index is 11.2. The Kier molecular flexibility index (Phi) is 5.48. The molecular formula is C21H34N4OS. The summed E-state index contributed by atoms with van der Waals surface area (Å²) in [6.45, 7) is 12.0.